The number of hydrogen-bond acceptors (Lipinski definition) is 6. The molecule has 0 saturated carbocycles. The van der Waals surface area contributed by atoms with Gasteiger partial charge in [-0.1, -0.05) is 5.21 Å². The van der Waals surface area contributed by atoms with Crippen LogP contribution in [-0.4, -0.2) is 57.6 Å². The number of piperidine rings is 1. The lowest BCUT2D eigenvalue weighted by atomic mass is 9.96. The zero-order valence-corrected chi connectivity index (χ0v) is 16.9. The molecule has 28 heavy (non-hydrogen) atoms. The molecule has 152 valence electrons. The minimum atomic E-state index is -0.0988. The van der Waals surface area contributed by atoms with Gasteiger partial charge in [0.25, 0.3) is 5.91 Å². The fourth-order valence-corrected chi connectivity index (χ4v) is 3.83. The lowest BCUT2D eigenvalue weighted by Crippen LogP contribution is -2.51. The van der Waals surface area contributed by atoms with Crippen LogP contribution in [0.15, 0.2) is 18.2 Å². The number of carbonyl (C=O) groups is 1. The molecule has 1 aromatic carbocycles. The number of carbonyl (C=O) groups excluding carboxylic acids is 1. The summed E-state index contributed by atoms with van der Waals surface area (Å²) in [7, 11) is 0. The second-order valence-corrected chi connectivity index (χ2v) is 7.18. The molecule has 3 heterocycles. The van der Waals surface area contributed by atoms with Crippen LogP contribution in [0.2, 0.25) is 0 Å². The molecule has 4 rings (SSSR count). The summed E-state index contributed by atoms with van der Waals surface area (Å²) in [4.78, 5) is 15.0. The van der Waals surface area contributed by atoms with Gasteiger partial charge >= 0.3 is 0 Å². The second kappa shape index (κ2) is 8.36. The van der Waals surface area contributed by atoms with Crippen molar-refractivity contribution in [2.24, 2.45) is 5.73 Å². The highest BCUT2D eigenvalue weighted by Gasteiger charge is 2.32. The van der Waals surface area contributed by atoms with Gasteiger partial charge in [-0.3, -0.25) is 4.79 Å². The monoisotopic (exact) mass is 407 g/mol. The number of halogens is 1. The summed E-state index contributed by atoms with van der Waals surface area (Å²) in [6, 6.07) is 5.57. The Hall–Kier alpha value is -2.32. The number of rotatable bonds is 3. The summed E-state index contributed by atoms with van der Waals surface area (Å²) in [5.41, 5.74) is 7.97. The smallest absolute Gasteiger partial charge is 0.276 e. The zero-order valence-electron chi connectivity index (χ0n) is 16.1. The molecule has 0 spiro atoms. The van der Waals surface area contributed by atoms with Gasteiger partial charge < -0.3 is 20.1 Å². The number of aromatic nitrogens is 3. The summed E-state index contributed by atoms with van der Waals surface area (Å²) in [5.74, 6) is 1.29. The third kappa shape index (κ3) is 3.66. The van der Waals surface area contributed by atoms with E-state index in [0.717, 1.165) is 24.9 Å². The van der Waals surface area contributed by atoms with Crippen molar-refractivity contribution in [1.29, 1.82) is 0 Å². The molecule has 2 unspecified atom stereocenters. The third-order valence-electron chi connectivity index (χ3n) is 5.28. The normalized spacial score (nSPS) is 19.7. The predicted molar refractivity (Wildman–Crippen MR) is 107 cm³/mol. The van der Waals surface area contributed by atoms with Crippen LogP contribution >= 0.6 is 12.4 Å². The SMILES string of the molecule is Cc1c(C(=O)N2CCCCC2C(C)N)nnn1-c1ccc2c(c1)OCCO2.Cl. The average molecular weight is 408 g/mol. The molecule has 2 aliphatic rings. The summed E-state index contributed by atoms with van der Waals surface area (Å²) >= 11 is 0. The molecular weight excluding hydrogens is 382 g/mol. The van der Waals surface area contributed by atoms with E-state index in [0.29, 0.717) is 42.6 Å². The highest BCUT2D eigenvalue weighted by atomic mass is 35.5. The lowest BCUT2D eigenvalue weighted by molar-refractivity contribution is 0.0577. The van der Waals surface area contributed by atoms with E-state index >= 15 is 0 Å². The largest absolute Gasteiger partial charge is 0.486 e. The topological polar surface area (TPSA) is 95.5 Å². The lowest BCUT2D eigenvalue weighted by Gasteiger charge is -2.37. The Morgan fingerprint density at radius 3 is 2.75 bits per heavy atom. The van der Waals surface area contributed by atoms with Gasteiger partial charge in [0.1, 0.15) is 13.2 Å². The standard InChI is InChI=1S/C19H25N5O3.ClH/c1-12(20)15-5-3-4-8-23(15)19(25)18-13(2)24(22-21-18)14-6-7-16-17(11-14)27-10-9-26-16;/h6-7,11-12,15H,3-5,8-10,20H2,1-2H3;1H. The number of amides is 1. The van der Waals surface area contributed by atoms with Crippen LogP contribution in [0.5, 0.6) is 11.5 Å². The molecule has 9 heteroatoms. The Morgan fingerprint density at radius 2 is 2.00 bits per heavy atom. The molecule has 2 atom stereocenters. The first-order chi connectivity index (χ1) is 13.1. The first-order valence-corrected chi connectivity index (χ1v) is 9.45. The van der Waals surface area contributed by atoms with Gasteiger partial charge in [0.05, 0.1) is 11.4 Å². The Balaban J connectivity index is 0.00000225. The summed E-state index contributed by atoms with van der Waals surface area (Å²) < 4.78 is 12.9. The third-order valence-corrected chi connectivity index (χ3v) is 5.28. The van der Waals surface area contributed by atoms with Crippen LogP contribution < -0.4 is 15.2 Å². The number of hydrogen-bond donors (Lipinski definition) is 1. The maximum absolute atomic E-state index is 13.1. The van der Waals surface area contributed by atoms with Gasteiger partial charge in [0.15, 0.2) is 17.2 Å². The van der Waals surface area contributed by atoms with Gasteiger partial charge in [-0.25, -0.2) is 4.68 Å². The van der Waals surface area contributed by atoms with Crippen molar-refractivity contribution in [2.45, 2.75) is 45.2 Å². The van der Waals surface area contributed by atoms with Crippen LogP contribution in [0.25, 0.3) is 5.69 Å². The molecule has 1 amide bonds. The number of nitrogens with zero attached hydrogens (tertiary/aromatic N) is 4. The Bertz CT molecular complexity index is 854. The summed E-state index contributed by atoms with van der Waals surface area (Å²) in [6.45, 7) is 5.58. The average Bonchev–Trinajstić information content (AvgIpc) is 3.08. The number of likely N-dealkylation sites (tertiary alicyclic amines) is 1. The fraction of sp³-hybridized carbons (Fsp3) is 0.526. The molecule has 1 fully saturated rings. The van der Waals surface area contributed by atoms with E-state index in [4.69, 9.17) is 15.2 Å². The van der Waals surface area contributed by atoms with Crippen molar-refractivity contribution in [3.63, 3.8) is 0 Å². The van der Waals surface area contributed by atoms with Crippen LogP contribution in [0.3, 0.4) is 0 Å². The molecule has 2 aliphatic heterocycles. The van der Waals surface area contributed by atoms with Gasteiger partial charge in [-0.05, 0) is 45.2 Å². The highest BCUT2D eigenvalue weighted by molar-refractivity contribution is 5.93. The van der Waals surface area contributed by atoms with E-state index < -0.39 is 0 Å². The highest BCUT2D eigenvalue weighted by Crippen LogP contribution is 2.32. The molecule has 0 aliphatic carbocycles. The van der Waals surface area contributed by atoms with Gasteiger partial charge in [0, 0.05) is 24.7 Å². The second-order valence-electron chi connectivity index (χ2n) is 7.18. The number of nitrogens with two attached hydrogens (primary N) is 1. The molecule has 0 bridgehead atoms. The van der Waals surface area contributed by atoms with E-state index in [-0.39, 0.29) is 30.4 Å². The molecule has 1 aromatic heterocycles. The first kappa shape index (κ1) is 20.4. The molecule has 2 aromatic rings. The Kier molecular flexibility index (Phi) is 6.10. The van der Waals surface area contributed by atoms with E-state index in [9.17, 15) is 4.79 Å². The number of benzene rings is 1. The van der Waals surface area contributed by atoms with Crippen molar-refractivity contribution in [3.8, 4) is 17.2 Å². The van der Waals surface area contributed by atoms with Gasteiger partial charge in [-0.2, -0.15) is 0 Å². The molecule has 0 radical (unpaired) electrons. The van der Waals surface area contributed by atoms with Crippen molar-refractivity contribution in [2.75, 3.05) is 19.8 Å². The number of fused-ring (bicyclic) bond motifs is 1. The number of ether oxygens (including phenoxy) is 2. The van der Waals surface area contributed by atoms with E-state index in [1.807, 2.05) is 36.9 Å². The van der Waals surface area contributed by atoms with Crippen LogP contribution in [-0.2, 0) is 0 Å². The van der Waals surface area contributed by atoms with Gasteiger partial charge in [-0.15, -0.1) is 17.5 Å². The van der Waals surface area contributed by atoms with Crippen molar-refractivity contribution in [3.05, 3.63) is 29.6 Å². The quantitative estimate of drug-likeness (QED) is 0.837. The molecule has 8 nitrogen and oxygen atoms in total. The molecular formula is C19H26ClN5O3. The predicted octanol–water partition coefficient (Wildman–Crippen LogP) is 2.11. The minimum absolute atomic E-state index is 0. The van der Waals surface area contributed by atoms with Crippen LogP contribution in [0.1, 0.15) is 42.4 Å². The van der Waals surface area contributed by atoms with E-state index in [1.54, 1.807) is 4.68 Å². The van der Waals surface area contributed by atoms with Crippen LogP contribution in [0, 0.1) is 6.92 Å². The van der Waals surface area contributed by atoms with Crippen molar-refractivity contribution >= 4 is 18.3 Å². The Morgan fingerprint density at radius 1 is 1.25 bits per heavy atom. The van der Waals surface area contributed by atoms with Crippen LogP contribution in [0.4, 0.5) is 0 Å². The zero-order chi connectivity index (χ0) is 19.0. The Labute approximate surface area is 170 Å². The fourth-order valence-electron chi connectivity index (χ4n) is 3.83. The van der Waals surface area contributed by atoms with E-state index in [1.165, 1.54) is 0 Å². The van der Waals surface area contributed by atoms with E-state index in [2.05, 4.69) is 10.3 Å². The maximum Gasteiger partial charge on any atom is 0.276 e. The minimum Gasteiger partial charge on any atom is -0.486 e. The van der Waals surface area contributed by atoms with Gasteiger partial charge in [0.2, 0.25) is 0 Å². The van der Waals surface area contributed by atoms with Crippen molar-refractivity contribution in [1.82, 2.24) is 19.9 Å². The summed E-state index contributed by atoms with van der Waals surface area (Å²) in [5, 5.41) is 8.39. The summed E-state index contributed by atoms with van der Waals surface area (Å²) in [6.07, 6.45) is 3.02. The molecule has 1 saturated heterocycles. The molecule has 2 N–H and O–H groups in total. The first-order valence-electron chi connectivity index (χ1n) is 9.45. The maximum atomic E-state index is 13.1. The van der Waals surface area contributed by atoms with Crippen molar-refractivity contribution < 1.29 is 14.3 Å².